The molecule has 8 heteroatoms. The van der Waals surface area contributed by atoms with Crippen LogP contribution in [0, 0.1) is 0 Å². The van der Waals surface area contributed by atoms with E-state index < -0.39 is 11.2 Å². The van der Waals surface area contributed by atoms with E-state index in [4.69, 9.17) is 5.73 Å². The normalized spacial score (nSPS) is 10.6. The first-order valence-electron chi connectivity index (χ1n) is 5.95. The highest BCUT2D eigenvalue weighted by molar-refractivity contribution is 5.60. The molecule has 4 N–H and O–H groups in total. The molecule has 0 aromatic carbocycles. The van der Waals surface area contributed by atoms with Crippen molar-refractivity contribution in [1.82, 2.24) is 19.1 Å². The number of nitrogens with two attached hydrogens (primary N) is 1. The molecule has 0 saturated carbocycles. The molecule has 0 aliphatic heterocycles. The molecule has 0 aliphatic carbocycles. The Kier molecular flexibility index (Phi) is 3.69. The van der Waals surface area contributed by atoms with Crippen molar-refractivity contribution in [2.75, 3.05) is 17.6 Å². The van der Waals surface area contributed by atoms with E-state index in [1.165, 1.54) is 4.57 Å². The molecule has 2 aromatic heterocycles. The summed E-state index contributed by atoms with van der Waals surface area (Å²) in [5, 5.41) is 2.94. The second kappa shape index (κ2) is 5.42. The summed E-state index contributed by atoms with van der Waals surface area (Å²) in [4.78, 5) is 29.3. The molecular weight excluding hydrogens is 248 g/mol. The smallest absolute Gasteiger partial charge is 0.330 e. The topological polar surface area (TPSA) is 111 Å². The summed E-state index contributed by atoms with van der Waals surface area (Å²) in [5.41, 5.74) is 5.04. The Balaban J connectivity index is 2.16. The maximum atomic E-state index is 11.7. The number of hydrogen-bond acceptors (Lipinski definition) is 5. The van der Waals surface area contributed by atoms with Crippen LogP contribution in [-0.2, 0) is 13.1 Å². The lowest BCUT2D eigenvalue weighted by Crippen LogP contribution is -2.34. The molecular formula is C11H16N6O2. The maximum absolute atomic E-state index is 11.7. The highest BCUT2D eigenvalue weighted by Gasteiger charge is 2.10. The van der Waals surface area contributed by atoms with E-state index in [2.05, 4.69) is 15.3 Å². The van der Waals surface area contributed by atoms with Gasteiger partial charge in [0.1, 0.15) is 11.5 Å². The van der Waals surface area contributed by atoms with E-state index in [1.54, 1.807) is 19.4 Å². The minimum atomic E-state index is -0.502. The third-order valence-electron chi connectivity index (χ3n) is 2.79. The first-order valence-corrected chi connectivity index (χ1v) is 5.95. The number of imidazole rings is 1. The average molecular weight is 264 g/mol. The van der Waals surface area contributed by atoms with Gasteiger partial charge in [0.05, 0.1) is 6.33 Å². The van der Waals surface area contributed by atoms with Crippen LogP contribution in [0.25, 0.3) is 0 Å². The Morgan fingerprint density at radius 1 is 1.47 bits per heavy atom. The molecule has 0 saturated heterocycles. The summed E-state index contributed by atoms with van der Waals surface area (Å²) in [7, 11) is 0. The van der Waals surface area contributed by atoms with Gasteiger partial charge in [-0.1, -0.05) is 0 Å². The molecule has 2 heterocycles. The van der Waals surface area contributed by atoms with E-state index in [0.717, 1.165) is 0 Å². The van der Waals surface area contributed by atoms with Crippen molar-refractivity contribution < 1.29 is 0 Å². The molecule has 8 nitrogen and oxygen atoms in total. The number of aromatic nitrogens is 4. The van der Waals surface area contributed by atoms with Crippen molar-refractivity contribution in [3.63, 3.8) is 0 Å². The number of anilines is 2. The predicted molar refractivity (Wildman–Crippen MR) is 72.1 cm³/mol. The fourth-order valence-corrected chi connectivity index (χ4v) is 1.80. The van der Waals surface area contributed by atoms with Gasteiger partial charge >= 0.3 is 5.69 Å². The van der Waals surface area contributed by atoms with E-state index in [0.29, 0.717) is 19.6 Å². The van der Waals surface area contributed by atoms with Gasteiger partial charge in [0.25, 0.3) is 5.56 Å². The first kappa shape index (κ1) is 12.9. The van der Waals surface area contributed by atoms with E-state index in [-0.39, 0.29) is 11.5 Å². The zero-order valence-electron chi connectivity index (χ0n) is 10.6. The SMILES string of the molecule is CCn1c(N)c(NCCn2ccnc2)c(=O)[nH]c1=O. The second-order valence-electron chi connectivity index (χ2n) is 3.99. The number of nitrogens with zero attached hydrogens (tertiary/aromatic N) is 3. The Bertz CT molecular complexity index is 655. The van der Waals surface area contributed by atoms with Gasteiger partial charge in [0, 0.05) is 32.0 Å². The minimum Gasteiger partial charge on any atom is -0.383 e. The van der Waals surface area contributed by atoms with Crippen molar-refractivity contribution >= 4 is 11.5 Å². The molecule has 2 rings (SSSR count). The van der Waals surface area contributed by atoms with Crippen LogP contribution in [0.3, 0.4) is 0 Å². The summed E-state index contributed by atoms with van der Waals surface area (Å²) in [6.45, 7) is 3.33. The van der Waals surface area contributed by atoms with Crippen LogP contribution in [0.5, 0.6) is 0 Å². The summed E-state index contributed by atoms with van der Waals surface area (Å²) < 4.78 is 3.17. The van der Waals surface area contributed by atoms with Crippen LogP contribution in [0.4, 0.5) is 11.5 Å². The second-order valence-corrected chi connectivity index (χ2v) is 3.99. The molecule has 0 unspecified atom stereocenters. The molecule has 0 fully saturated rings. The number of rotatable bonds is 5. The van der Waals surface area contributed by atoms with Crippen molar-refractivity contribution in [1.29, 1.82) is 0 Å². The average Bonchev–Trinajstić information content (AvgIpc) is 2.86. The number of hydrogen-bond donors (Lipinski definition) is 3. The molecule has 0 atom stereocenters. The molecule has 0 bridgehead atoms. The molecule has 0 amide bonds. The number of nitrogens with one attached hydrogen (secondary N) is 2. The predicted octanol–water partition coefficient (Wildman–Crippen LogP) is -0.553. The van der Waals surface area contributed by atoms with Gasteiger partial charge in [0.2, 0.25) is 0 Å². The Morgan fingerprint density at radius 2 is 2.26 bits per heavy atom. The van der Waals surface area contributed by atoms with Gasteiger partial charge in [-0.3, -0.25) is 14.3 Å². The summed E-state index contributed by atoms with van der Waals surface area (Å²) in [6, 6.07) is 0. The number of aromatic amines is 1. The summed E-state index contributed by atoms with van der Waals surface area (Å²) in [6.07, 6.45) is 5.18. The molecule has 0 aliphatic rings. The number of H-pyrrole nitrogens is 1. The zero-order valence-corrected chi connectivity index (χ0v) is 10.6. The third-order valence-corrected chi connectivity index (χ3v) is 2.79. The fraction of sp³-hybridized carbons (Fsp3) is 0.364. The van der Waals surface area contributed by atoms with Crippen LogP contribution >= 0.6 is 0 Å². The Hall–Kier alpha value is -2.51. The van der Waals surface area contributed by atoms with Crippen molar-refractivity contribution in [2.45, 2.75) is 20.0 Å². The van der Waals surface area contributed by atoms with E-state index in [9.17, 15) is 9.59 Å². The number of nitrogen functional groups attached to an aromatic ring is 1. The maximum Gasteiger partial charge on any atom is 0.330 e. The molecule has 0 radical (unpaired) electrons. The van der Waals surface area contributed by atoms with Crippen LogP contribution in [0.2, 0.25) is 0 Å². The Morgan fingerprint density at radius 3 is 2.89 bits per heavy atom. The highest BCUT2D eigenvalue weighted by Crippen LogP contribution is 2.09. The first-order chi connectivity index (χ1) is 9.13. The van der Waals surface area contributed by atoms with Gasteiger partial charge in [-0.05, 0) is 6.92 Å². The minimum absolute atomic E-state index is 0.155. The summed E-state index contributed by atoms with van der Waals surface area (Å²) in [5.74, 6) is 0.155. The van der Waals surface area contributed by atoms with Crippen molar-refractivity contribution in [3.05, 3.63) is 39.6 Å². The lowest BCUT2D eigenvalue weighted by Gasteiger charge is -2.12. The van der Waals surface area contributed by atoms with Crippen LogP contribution in [0.15, 0.2) is 28.3 Å². The largest absolute Gasteiger partial charge is 0.383 e. The van der Waals surface area contributed by atoms with Gasteiger partial charge in [-0.2, -0.15) is 0 Å². The van der Waals surface area contributed by atoms with E-state index in [1.807, 2.05) is 10.8 Å². The monoisotopic (exact) mass is 264 g/mol. The Labute approximate surface area is 108 Å². The van der Waals surface area contributed by atoms with Crippen LogP contribution < -0.4 is 22.3 Å². The van der Waals surface area contributed by atoms with Gasteiger partial charge in [0.15, 0.2) is 0 Å². The highest BCUT2D eigenvalue weighted by atomic mass is 16.2. The van der Waals surface area contributed by atoms with Crippen LogP contribution in [-0.4, -0.2) is 25.6 Å². The van der Waals surface area contributed by atoms with Crippen molar-refractivity contribution in [3.8, 4) is 0 Å². The van der Waals surface area contributed by atoms with Gasteiger partial charge in [-0.25, -0.2) is 9.78 Å². The molecule has 102 valence electrons. The van der Waals surface area contributed by atoms with Gasteiger partial charge in [-0.15, -0.1) is 0 Å². The van der Waals surface area contributed by atoms with Crippen molar-refractivity contribution in [2.24, 2.45) is 0 Å². The van der Waals surface area contributed by atoms with Gasteiger partial charge < -0.3 is 15.6 Å². The van der Waals surface area contributed by atoms with Crippen LogP contribution in [0.1, 0.15) is 6.92 Å². The lowest BCUT2D eigenvalue weighted by atomic mass is 10.4. The third kappa shape index (κ3) is 2.67. The quantitative estimate of drug-likeness (QED) is 0.671. The lowest BCUT2D eigenvalue weighted by molar-refractivity contribution is 0.699. The standard InChI is InChI=1S/C11H16N6O2/c1-2-17-9(12)8(10(18)15-11(17)19)14-4-6-16-5-3-13-7-16/h3,5,7,14H,2,4,6,12H2,1H3,(H,15,18,19). The molecule has 2 aromatic rings. The van der Waals surface area contributed by atoms with E-state index >= 15 is 0 Å². The summed E-state index contributed by atoms with van der Waals surface area (Å²) >= 11 is 0. The fourth-order valence-electron chi connectivity index (χ4n) is 1.80. The molecule has 0 spiro atoms. The molecule has 19 heavy (non-hydrogen) atoms. The zero-order chi connectivity index (χ0) is 13.8.